The Morgan fingerprint density at radius 3 is 2.58 bits per heavy atom. The van der Waals surface area contributed by atoms with Gasteiger partial charge in [-0.2, -0.15) is 8.78 Å². The number of aromatic nitrogens is 4. The van der Waals surface area contributed by atoms with Gasteiger partial charge in [-0.05, 0) is 38.5 Å². The van der Waals surface area contributed by atoms with Crippen molar-refractivity contribution in [3.63, 3.8) is 0 Å². The van der Waals surface area contributed by atoms with Crippen LogP contribution in [-0.2, 0) is 13.6 Å². The number of rotatable bonds is 3. The molecule has 0 aromatic carbocycles. The Labute approximate surface area is 136 Å². The van der Waals surface area contributed by atoms with Gasteiger partial charge in [0.05, 0.1) is 5.60 Å². The van der Waals surface area contributed by atoms with Gasteiger partial charge in [0, 0.05) is 13.6 Å². The highest BCUT2D eigenvalue weighted by molar-refractivity contribution is 5.70. The molecule has 2 heterocycles. The molecule has 2 aromatic heterocycles. The van der Waals surface area contributed by atoms with Crippen LogP contribution in [0.3, 0.4) is 0 Å². The van der Waals surface area contributed by atoms with E-state index >= 15 is 0 Å². The molecule has 1 aliphatic carbocycles. The fourth-order valence-electron chi connectivity index (χ4n) is 3.34. The lowest BCUT2D eigenvalue weighted by atomic mass is 9.80. The molecule has 1 saturated carbocycles. The second-order valence-corrected chi connectivity index (χ2v) is 6.80. The van der Waals surface area contributed by atoms with E-state index in [1.54, 1.807) is 6.92 Å². The number of aryl methyl sites for hydroxylation is 1. The van der Waals surface area contributed by atoms with Crippen molar-refractivity contribution in [1.29, 1.82) is 0 Å². The standard InChI is InChI=1S/C15H20F2N4O3/c1-15(24)5-3-9(4-6-15)7-20-12(22)10-11(19(2)14(20)23)18-8-21(10)13(16)17/h8-9,13,24H,3-7H2,1-2H3. The van der Waals surface area contributed by atoms with Crippen LogP contribution in [0.25, 0.3) is 11.2 Å². The first-order valence-electron chi connectivity index (χ1n) is 7.88. The van der Waals surface area contributed by atoms with Gasteiger partial charge in [0.15, 0.2) is 11.2 Å². The molecular weight excluding hydrogens is 322 g/mol. The van der Waals surface area contributed by atoms with E-state index in [1.165, 1.54) is 7.05 Å². The lowest BCUT2D eigenvalue weighted by molar-refractivity contribution is 0.00547. The first kappa shape index (κ1) is 16.8. The molecule has 3 rings (SSSR count). The molecule has 7 nitrogen and oxygen atoms in total. The van der Waals surface area contributed by atoms with Crippen LogP contribution in [0.4, 0.5) is 8.78 Å². The fourth-order valence-corrected chi connectivity index (χ4v) is 3.34. The summed E-state index contributed by atoms with van der Waals surface area (Å²) in [6.45, 7) is -0.980. The molecule has 2 aromatic rings. The molecule has 24 heavy (non-hydrogen) atoms. The van der Waals surface area contributed by atoms with Crippen LogP contribution >= 0.6 is 0 Å². The molecule has 0 saturated heterocycles. The van der Waals surface area contributed by atoms with Crippen molar-refractivity contribution in [1.82, 2.24) is 18.7 Å². The SMILES string of the molecule is Cn1c(=O)n(CC2CCC(C)(O)CC2)c(=O)c2c1ncn2C(F)F. The van der Waals surface area contributed by atoms with E-state index in [0.29, 0.717) is 30.3 Å². The van der Waals surface area contributed by atoms with Crippen molar-refractivity contribution in [3.05, 3.63) is 27.2 Å². The normalized spacial score (nSPS) is 24.8. The Kier molecular flexibility index (Phi) is 4.06. The molecule has 1 fully saturated rings. The van der Waals surface area contributed by atoms with Gasteiger partial charge in [0.1, 0.15) is 6.33 Å². The molecule has 0 amide bonds. The number of hydrogen-bond acceptors (Lipinski definition) is 4. The summed E-state index contributed by atoms with van der Waals surface area (Å²) in [4.78, 5) is 28.8. The topological polar surface area (TPSA) is 82.0 Å². The predicted molar refractivity (Wildman–Crippen MR) is 83.1 cm³/mol. The predicted octanol–water partition coefficient (Wildman–Crippen LogP) is 1.23. The van der Waals surface area contributed by atoms with Gasteiger partial charge in [0.2, 0.25) is 0 Å². The highest BCUT2D eigenvalue weighted by atomic mass is 19.3. The van der Waals surface area contributed by atoms with Gasteiger partial charge in [-0.1, -0.05) is 0 Å². The fraction of sp³-hybridized carbons (Fsp3) is 0.667. The van der Waals surface area contributed by atoms with Gasteiger partial charge in [0.25, 0.3) is 5.56 Å². The maximum Gasteiger partial charge on any atom is 0.332 e. The molecule has 1 aliphatic rings. The van der Waals surface area contributed by atoms with Gasteiger partial charge in [-0.25, -0.2) is 9.78 Å². The first-order chi connectivity index (χ1) is 11.2. The zero-order valence-electron chi connectivity index (χ0n) is 13.6. The lowest BCUT2D eigenvalue weighted by Crippen LogP contribution is -2.42. The van der Waals surface area contributed by atoms with Crippen LogP contribution in [0, 0.1) is 5.92 Å². The molecule has 0 unspecified atom stereocenters. The summed E-state index contributed by atoms with van der Waals surface area (Å²) in [5.41, 5.74) is -2.35. The lowest BCUT2D eigenvalue weighted by Gasteiger charge is -2.33. The smallest absolute Gasteiger partial charge is 0.332 e. The minimum atomic E-state index is -2.90. The quantitative estimate of drug-likeness (QED) is 0.910. The van der Waals surface area contributed by atoms with Crippen molar-refractivity contribution in [2.75, 3.05) is 0 Å². The molecule has 0 aliphatic heterocycles. The molecule has 0 spiro atoms. The third-order valence-corrected chi connectivity index (χ3v) is 4.89. The maximum atomic E-state index is 13.1. The van der Waals surface area contributed by atoms with E-state index in [-0.39, 0.29) is 23.6 Å². The van der Waals surface area contributed by atoms with E-state index in [0.717, 1.165) is 15.5 Å². The number of imidazole rings is 1. The zero-order chi connectivity index (χ0) is 17.6. The molecule has 0 radical (unpaired) electrons. The van der Waals surface area contributed by atoms with Crippen molar-refractivity contribution in [2.45, 2.75) is 51.3 Å². The van der Waals surface area contributed by atoms with Crippen LogP contribution in [-0.4, -0.2) is 29.4 Å². The Balaban J connectivity index is 2.04. The van der Waals surface area contributed by atoms with Gasteiger partial charge in [-0.3, -0.25) is 18.5 Å². The van der Waals surface area contributed by atoms with Crippen molar-refractivity contribution < 1.29 is 13.9 Å². The van der Waals surface area contributed by atoms with Crippen LogP contribution in [0.2, 0.25) is 0 Å². The maximum absolute atomic E-state index is 13.1. The van der Waals surface area contributed by atoms with Crippen molar-refractivity contribution in [2.24, 2.45) is 13.0 Å². The number of hydrogen-bond donors (Lipinski definition) is 1. The monoisotopic (exact) mass is 342 g/mol. The number of nitrogens with zero attached hydrogens (tertiary/aromatic N) is 4. The molecule has 0 atom stereocenters. The molecule has 0 bridgehead atoms. The summed E-state index contributed by atoms with van der Waals surface area (Å²) in [7, 11) is 1.41. The van der Waals surface area contributed by atoms with E-state index in [4.69, 9.17) is 0 Å². The van der Waals surface area contributed by atoms with Gasteiger partial charge < -0.3 is 5.11 Å². The third-order valence-electron chi connectivity index (χ3n) is 4.89. The average molecular weight is 342 g/mol. The van der Waals surface area contributed by atoms with Crippen LogP contribution in [0.1, 0.15) is 39.2 Å². The first-order valence-corrected chi connectivity index (χ1v) is 7.88. The van der Waals surface area contributed by atoms with Crippen molar-refractivity contribution in [3.8, 4) is 0 Å². The number of fused-ring (bicyclic) bond motifs is 1. The van der Waals surface area contributed by atoms with Crippen LogP contribution in [0.15, 0.2) is 15.9 Å². The second-order valence-electron chi connectivity index (χ2n) is 6.80. The number of aliphatic hydroxyl groups is 1. The number of halogens is 2. The molecule has 132 valence electrons. The van der Waals surface area contributed by atoms with E-state index in [9.17, 15) is 23.5 Å². The van der Waals surface area contributed by atoms with Gasteiger partial charge in [-0.15, -0.1) is 0 Å². The van der Waals surface area contributed by atoms with Crippen molar-refractivity contribution >= 4 is 11.2 Å². The second kappa shape index (κ2) is 5.80. The highest BCUT2D eigenvalue weighted by Gasteiger charge is 2.30. The van der Waals surface area contributed by atoms with Crippen LogP contribution in [0.5, 0.6) is 0 Å². The minimum absolute atomic E-state index is 0.0480. The summed E-state index contributed by atoms with van der Waals surface area (Å²) in [6, 6.07) is 0. The Bertz CT molecular complexity index is 871. The summed E-state index contributed by atoms with van der Waals surface area (Å²) in [6.07, 6.45) is 3.40. The zero-order valence-corrected chi connectivity index (χ0v) is 13.6. The highest BCUT2D eigenvalue weighted by Crippen LogP contribution is 2.32. The summed E-state index contributed by atoms with van der Waals surface area (Å²) >= 11 is 0. The summed E-state index contributed by atoms with van der Waals surface area (Å²) in [5.74, 6) is 0.0518. The Hall–Kier alpha value is -2.03. The average Bonchev–Trinajstić information content (AvgIpc) is 2.96. The Morgan fingerprint density at radius 2 is 2.00 bits per heavy atom. The largest absolute Gasteiger partial charge is 0.390 e. The summed E-state index contributed by atoms with van der Waals surface area (Å²) < 4.78 is 28.8. The minimum Gasteiger partial charge on any atom is -0.390 e. The van der Waals surface area contributed by atoms with E-state index in [1.807, 2.05) is 0 Å². The number of alkyl halides is 2. The van der Waals surface area contributed by atoms with Crippen LogP contribution < -0.4 is 11.2 Å². The van der Waals surface area contributed by atoms with E-state index in [2.05, 4.69) is 4.98 Å². The molecular formula is C15H20F2N4O3. The third kappa shape index (κ3) is 2.77. The molecule has 9 heteroatoms. The van der Waals surface area contributed by atoms with Gasteiger partial charge >= 0.3 is 12.2 Å². The summed E-state index contributed by atoms with van der Waals surface area (Å²) in [5, 5.41) is 9.99. The molecule has 1 N–H and O–H groups in total. The Morgan fingerprint density at radius 1 is 1.38 bits per heavy atom. The van der Waals surface area contributed by atoms with E-state index < -0.39 is 23.4 Å².